The fourth-order valence-corrected chi connectivity index (χ4v) is 4.13. The minimum absolute atomic E-state index is 0.657. The number of pyridine rings is 2. The van der Waals surface area contributed by atoms with Crippen LogP contribution in [-0.4, -0.2) is 30.9 Å². The third-order valence-corrected chi connectivity index (χ3v) is 5.87. The molecule has 4 heterocycles. The lowest BCUT2D eigenvalue weighted by molar-refractivity contribution is 0.581. The zero-order valence-corrected chi connectivity index (χ0v) is 19.8. The van der Waals surface area contributed by atoms with Crippen LogP contribution in [0.25, 0.3) is 28.4 Å². The maximum absolute atomic E-state index is 4.87. The Balaban J connectivity index is 1.47. The quantitative estimate of drug-likeness (QED) is 0.247. The molecule has 0 aromatic carbocycles. The average Bonchev–Trinajstić information content (AvgIpc) is 3.23. The molecule has 0 saturated carbocycles. The Bertz CT molecular complexity index is 1170. The summed E-state index contributed by atoms with van der Waals surface area (Å²) in [5, 5.41) is 3.41. The average molecular weight is 443 g/mol. The van der Waals surface area contributed by atoms with Crippen molar-refractivity contribution in [2.45, 2.75) is 65.2 Å². The van der Waals surface area contributed by atoms with Crippen LogP contribution in [0, 0.1) is 6.92 Å². The fraction of sp³-hybridized carbons (Fsp3) is 0.407. The van der Waals surface area contributed by atoms with Gasteiger partial charge in [0.15, 0.2) is 0 Å². The summed E-state index contributed by atoms with van der Waals surface area (Å²) in [7, 11) is 0. The van der Waals surface area contributed by atoms with Crippen LogP contribution in [-0.2, 0) is 0 Å². The van der Waals surface area contributed by atoms with Crippen molar-refractivity contribution in [3.8, 4) is 22.8 Å². The Hall–Kier alpha value is -3.28. The van der Waals surface area contributed by atoms with Crippen molar-refractivity contribution in [3.05, 3.63) is 60.6 Å². The number of nitrogens with one attached hydrogen (secondary N) is 1. The van der Waals surface area contributed by atoms with Crippen LogP contribution in [0.15, 0.2) is 54.9 Å². The van der Waals surface area contributed by atoms with Crippen molar-refractivity contribution >= 4 is 11.6 Å². The predicted molar refractivity (Wildman–Crippen MR) is 135 cm³/mol. The molecule has 0 amide bonds. The molecule has 0 radical (unpaired) electrons. The van der Waals surface area contributed by atoms with Gasteiger partial charge in [0.25, 0.3) is 0 Å². The molecule has 0 aliphatic rings. The predicted octanol–water partition coefficient (Wildman–Crippen LogP) is 6.71. The monoisotopic (exact) mass is 442 g/mol. The number of anilines is 1. The zero-order chi connectivity index (χ0) is 22.9. The van der Waals surface area contributed by atoms with Crippen molar-refractivity contribution < 1.29 is 0 Å². The summed E-state index contributed by atoms with van der Waals surface area (Å²) in [6.07, 6.45) is 14.3. The number of nitrogens with zero attached hydrogens (tertiary/aromatic N) is 5. The normalized spacial score (nSPS) is 11.2. The van der Waals surface area contributed by atoms with Crippen molar-refractivity contribution in [2.75, 3.05) is 11.9 Å². The smallest absolute Gasteiger partial charge is 0.223 e. The number of fused-ring (bicyclic) bond motifs is 1. The molecule has 4 rings (SSSR count). The van der Waals surface area contributed by atoms with Crippen LogP contribution in [0.3, 0.4) is 0 Å². The van der Waals surface area contributed by atoms with Crippen LogP contribution in [0.1, 0.15) is 64.0 Å². The lowest BCUT2D eigenvalue weighted by atomic mass is 10.1. The summed E-state index contributed by atoms with van der Waals surface area (Å²) in [6.45, 7) is 5.15. The van der Waals surface area contributed by atoms with Crippen LogP contribution in [0.5, 0.6) is 0 Å². The van der Waals surface area contributed by atoms with E-state index in [0.717, 1.165) is 47.1 Å². The van der Waals surface area contributed by atoms with Gasteiger partial charge in [0.2, 0.25) is 5.95 Å². The van der Waals surface area contributed by atoms with Gasteiger partial charge in [0, 0.05) is 24.6 Å². The van der Waals surface area contributed by atoms with E-state index in [1.54, 1.807) is 0 Å². The molecule has 0 unspecified atom stereocenters. The molecular formula is C27H34N6. The molecule has 0 bridgehead atoms. The summed E-state index contributed by atoms with van der Waals surface area (Å²) in [5.41, 5.74) is 5.28. The van der Waals surface area contributed by atoms with Gasteiger partial charge >= 0.3 is 0 Å². The highest BCUT2D eigenvalue weighted by Gasteiger charge is 2.18. The summed E-state index contributed by atoms with van der Waals surface area (Å²) in [6, 6.07) is 14.0. The van der Waals surface area contributed by atoms with E-state index in [9.17, 15) is 0 Å². The highest BCUT2D eigenvalue weighted by atomic mass is 15.1. The number of imidazole rings is 1. The third kappa shape index (κ3) is 5.95. The number of hydrogen-bond acceptors (Lipinski definition) is 5. The Kier molecular flexibility index (Phi) is 8.01. The first-order valence-electron chi connectivity index (χ1n) is 12.2. The van der Waals surface area contributed by atoms with E-state index in [-0.39, 0.29) is 0 Å². The lowest BCUT2D eigenvalue weighted by Crippen LogP contribution is -2.06. The Morgan fingerprint density at radius 3 is 2.42 bits per heavy atom. The van der Waals surface area contributed by atoms with Crippen molar-refractivity contribution in [3.63, 3.8) is 0 Å². The molecule has 0 aliphatic heterocycles. The van der Waals surface area contributed by atoms with E-state index < -0.39 is 0 Å². The van der Waals surface area contributed by atoms with Gasteiger partial charge in [-0.1, -0.05) is 64.0 Å². The van der Waals surface area contributed by atoms with E-state index in [4.69, 9.17) is 15.0 Å². The molecular weight excluding hydrogens is 408 g/mol. The number of rotatable bonds is 12. The fourth-order valence-electron chi connectivity index (χ4n) is 4.13. The summed E-state index contributed by atoms with van der Waals surface area (Å²) in [4.78, 5) is 18.9. The first-order chi connectivity index (χ1) is 16.3. The topological polar surface area (TPSA) is 68.0 Å². The molecule has 0 spiro atoms. The molecule has 0 aliphatic carbocycles. The molecule has 6 heteroatoms. The number of aromatic nitrogens is 5. The Morgan fingerprint density at radius 2 is 1.61 bits per heavy atom. The Labute approximate surface area is 196 Å². The largest absolute Gasteiger partial charge is 0.354 e. The first-order valence-corrected chi connectivity index (χ1v) is 12.2. The second-order valence-corrected chi connectivity index (χ2v) is 8.57. The van der Waals surface area contributed by atoms with Crippen molar-refractivity contribution in [1.82, 2.24) is 24.3 Å². The van der Waals surface area contributed by atoms with Gasteiger partial charge in [0.1, 0.15) is 17.0 Å². The second-order valence-electron chi connectivity index (χ2n) is 8.57. The van der Waals surface area contributed by atoms with Crippen LogP contribution in [0.2, 0.25) is 0 Å². The molecule has 4 aromatic heterocycles. The lowest BCUT2D eigenvalue weighted by Gasteiger charge is -2.08. The molecule has 0 fully saturated rings. The van der Waals surface area contributed by atoms with Gasteiger partial charge < -0.3 is 5.32 Å². The van der Waals surface area contributed by atoms with Gasteiger partial charge in [0.05, 0.1) is 11.4 Å². The van der Waals surface area contributed by atoms with Crippen molar-refractivity contribution in [1.29, 1.82) is 0 Å². The molecule has 6 nitrogen and oxygen atoms in total. The standard InChI is InChI=1S/C27H34N6/c1-3-4-5-6-7-8-9-11-18-28-27-29-19-17-23(31-27)26-25(22-15-13-14-21(2)30-22)32-24-16-10-12-20-33(24)26/h10,12-17,19-20H,3-9,11,18H2,1-2H3,(H,28,29,31). The highest BCUT2D eigenvalue weighted by molar-refractivity contribution is 5.79. The summed E-state index contributed by atoms with van der Waals surface area (Å²) >= 11 is 0. The summed E-state index contributed by atoms with van der Waals surface area (Å²) in [5.74, 6) is 0.657. The van der Waals surface area contributed by atoms with E-state index >= 15 is 0 Å². The van der Waals surface area contributed by atoms with Crippen LogP contribution < -0.4 is 5.32 Å². The van der Waals surface area contributed by atoms with Gasteiger partial charge in [-0.05, 0) is 43.7 Å². The van der Waals surface area contributed by atoms with Gasteiger partial charge in [-0.25, -0.2) is 15.0 Å². The minimum Gasteiger partial charge on any atom is -0.354 e. The van der Waals surface area contributed by atoms with Crippen LogP contribution in [0.4, 0.5) is 5.95 Å². The van der Waals surface area contributed by atoms with Gasteiger partial charge in [-0.3, -0.25) is 9.38 Å². The highest BCUT2D eigenvalue weighted by Crippen LogP contribution is 2.31. The SMILES string of the molecule is CCCCCCCCCCNc1nccc(-c2c(-c3cccc(C)n3)nc3ccccn23)n1. The maximum Gasteiger partial charge on any atom is 0.223 e. The second kappa shape index (κ2) is 11.5. The molecule has 0 atom stereocenters. The van der Waals surface area contributed by atoms with Gasteiger partial charge in [-0.15, -0.1) is 0 Å². The molecule has 0 saturated heterocycles. The van der Waals surface area contributed by atoms with E-state index in [1.807, 2.05) is 61.8 Å². The molecule has 4 aromatic rings. The minimum atomic E-state index is 0.657. The van der Waals surface area contributed by atoms with Crippen molar-refractivity contribution in [2.24, 2.45) is 0 Å². The summed E-state index contributed by atoms with van der Waals surface area (Å²) < 4.78 is 2.07. The van der Waals surface area contributed by atoms with E-state index in [0.29, 0.717) is 5.95 Å². The molecule has 172 valence electrons. The van der Waals surface area contributed by atoms with Crippen LogP contribution >= 0.6 is 0 Å². The van der Waals surface area contributed by atoms with E-state index in [2.05, 4.69) is 21.6 Å². The third-order valence-electron chi connectivity index (χ3n) is 5.87. The maximum atomic E-state index is 4.87. The number of aryl methyl sites for hydroxylation is 1. The Morgan fingerprint density at radius 1 is 0.788 bits per heavy atom. The number of unbranched alkanes of at least 4 members (excludes halogenated alkanes) is 7. The molecule has 1 N–H and O–H groups in total. The zero-order valence-electron chi connectivity index (χ0n) is 19.8. The first kappa shape index (κ1) is 22.9. The molecule has 33 heavy (non-hydrogen) atoms. The number of hydrogen-bond donors (Lipinski definition) is 1. The van der Waals surface area contributed by atoms with Gasteiger partial charge in [-0.2, -0.15) is 0 Å². The van der Waals surface area contributed by atoms with E-state index in [1.165, 1.54) is 44.9 Å².